The number of carbonyl (C=O) groups excluding carboxylic acids is 1. The molecule has 2 rings (SSSR count). The molecular weight excluding hydrogens is 216 g/mol. The van der Waals surface area contributed by atoms with E-state index in [1.807, 2.05) is 30.3 Å². The Morgan fingerprint density at radius 3 is 2.71 bits per heavy atom. The Bertz CT molecular complexity index is 580. The summed E-state index contributed by atoms with van der Waals surface area (Å²) in [6.07, 6.45) is 1.49. The molecule has 0 unspecified atom stereocenters. The van der Waals surface area contributed by atoms with Crippen molar-refractivity contribution in [2.45, 2.75) is 6.92 Å². The number of hydrogen-bond donors (Lipinski definition) is 1. The molecule has 84 valence electrons. The molecule has 0 radical (unpaired) electrons. The molecule has 1 aromatic carbocycles. The lowest BCUT2D eigenvalue weighted by atomic mass is 10.1. The molecule has 5 heteroatoms. The number of benzene rings is 1. The fourth-order valence-corrected chi connectivity index (χ4v) is 1.48. The highest BCUT2D eigenvalue weighted by molar-refractivity contribution is 5.81. The van der Waals surface area contributed by atoms with Crippen LogP contribution in [0.4, 0.5) is 0 Å². The van der Waals surface area contributed by atoms with E-state index in [2.05, 4.69) is 16.6 Å². The minimum atomic E-state index is -0.239. The van der Waals surface area contributed by atoms with Crippen LogP contribution >= 0.6 is 0 Å². The fraction of sp³-hybridized carbons (Fsp3) is 0.0833. The second-order valence-corrected chi connectivity index (χ2v) is 3.48. The Balaban J connectivity index is 2.44. The van der Waals surface area contributed by atoms with Gasteiger partial charge in [-0.2, -0.15) is 15.2 Å². The molecule has 0 aliphatic rings. The predicted molar refractivity (Wildman–Crippen MR) is 62.4 cm³/mol. The van der Waals surface area contributed by atoms with Crippen molar-refractivity contribution in [1.29, 1.82) is 5.26 Å². The molecule has 1 aromatic heterocycles. The SMILES string of the molecule is CC(=O)Nn1cc(C#N)c(-c2ccccc2)n1. The first kappa shape index (κ1) is 10.9. The van der Waals surface area contributed by atoms with Gasteiger partial charge in [0.05, 0.1) is 6.20 Å². The van der Waals surface area contributed by atoms with Crippen molar-refractivity contribution in [3.8, 4) is 17.3 Å². The van der Waals surface area contributed by atoms with Crippen molar-refractivity contribution in [1.82, 2.24) is 9.89 Å². The highest BCUT2D eigenvalue weighted by Gasteiger charge is 2.10. The van der Waals surface area contributed by atoms with Crippen LogP contribution in [0.1, 0.15) is 12.5 Å². The topological polar surface area (TPSA) is 70.7 Å². The van der Waals surface area contributed by atoms with Gasteiger partial charge in [0, 0.05) is 12.5 Å². The van der Waals surface area contributed by atoms with E-state index in [0.29, 0.717) is 11.3 Å². The summed E-state index contributed by atoms with van der Waals surface area (Å²) < 4.78 is 0. The zero-order valence-corrected chi connectivity index (χ0v) is 9.21. The van der Waals surface area contributed by atoms with Gasteiger partial charge in [-0.3, -0.25) is 4.79 Å². The quantitative estimate of drug-likeness (QED) is 0.843. The van der Waals surface area contributed by atoms with E-state index in [-0.39, 0.29) is 5.91 Å². The van der Waals surface area contributed by atoms with Gasteiger partial charge in [-0.25, -0.2) is 5.43 Å². The zero-order valence-electron chi connectivity index (χ0n) is 9.21. The summed E-state index contributed by atoms with van der Waals surface area (Å²) in [5.74, 6) is -0.239. The first-order valence-electron chi connectivity index (χ1n) is 5.03. The third kappa shape index (κ3) is 2.32. The van der Waals surface area contributed by atoms with Crippen LogP contribution in [0.3, 0.4) is 0 Å². The molecule has 0 spiro atoms. The molecule has 2 aromatic rings. The van der Waals surface area contributed by atoms with Crippen LogP contribution in [-0.2, 0) is 4.79 Å². The number of nitrogens with zero attached hydrogens (tertiary/aromatic N) is 3. The summed E-state index contributed by atoms with van der Waals surface area (Å²) >= 11 is 0. The first-order chi connectivity index (χ1) is 8.20. The number of nitrogens with one attached hydrogen (secondary N) is 1. The molecule has 0 aliphatic heterocycles. The molecule has 0 saturated heterocycles. The third-order valence-electron chi connectivity index (χ3n) is 2.15. The van der Waals surface area contributed by atoms with E-state index >= 15 is 0 Å². The maximum atomic E-state index is 10.9. The minimum absolute atomic E-state index is 0.239. The first-order valence-corrected chi connectivity index (χ1v) is 5.03. The van der Waals surface area contributed by atoms with Gasteiger partial charge in [0.2, 0.25) is 5.91 Å². The van der Waals surface area contributed by atoms with E-state index < -0.39 is 0 Å². The van der Waals surface area contributed by atoms with Crippen LogP contribution in [-0.4, -0.2) is 15.8 Å². The van der Waals surface area contributed by atoms with E-state index in [0.717, 1.165) is 5.56 Å². The van der Waals surface area contributed by atoms with Gasteiger partial charge < -0.3 is 0 Å². The maximum absolute atomic E-state index is 10.9. The van der Waals surface area contributed by atoms with E-state index in [1.54, 1.807) is 0 Å². The lowest BCUT2D eigenvalue weighted by Crippen LogP contribution is -2.20. The Hall–Kier alpha value is -2.61. The zero-order chi connectivity index (χ0) is 12.3. The molecule has 1 heterocycles. The number of hydrogen-bond acceptors (Lipinski definition) is 3. The van der Waals surface area contributed by atoms with Gasteiger partial charge in [-0.15, -0.1) is 0 Å². The average Bonchev–Trinajstić information content (AvgIpc) is 2.72. The van der Waals surface area contributed by atoms with E-state index in [1.165, 1.54) is 17.9 Å². The minimum Gasteiger partial charge on any atom is -0.274 e. The smallest absolute Gasteiger partial charge is 0.236 e. The van der Waals surface area contributed by atoms with Crippen LogP contribution in [0, 0.1) is 11.3 Å². The molecule has 1 amide bonds. The van der Waals surface area contributed by atoms with Crippen molar-refractivity contribution < 1.29 is 4.79 Å². The summed E-state index contributed by atoms with van der Waals surface area (Å²) in [6, 6.07) is 11.4. The molecular formula is C12H10N4O. The number of amides is 1. The summed E-state index contributed by atoms with van der Waals surface area (Å²) in [5.41, 5.74) is 4.30. The summed E-state index contributed by atoms with van der Waals surface area (Å²) in [7, 11) is 0. The third-order valence-corrected chi connectivity index (χ3v) is 2.15. The van der Waals surface area contributed by atoms with Gasteiger partial charge in [0.1, 0.15) is 17.3 Å². The average molecular weight is 226 g/mol. The predicted octanol–water partition coefficient (Wildman–Crippen LogP) is 1.51. The Kier molecular flexibility index (Phi) is 2.88. The van der Waals surface area contributed by atoms with Crippen molar-refractivity contribution in [3.63, 3.8) is 0 Å². The monoisotopic (exact) mass is 226 g/mol. The standard InChI is InChI=1S/C12H10N4O/c1-9(17)14-16-8-11(7-13)12(15-16)10-5-3-2-4-6-10/h2-6,8H,1H3,(H,14,17). The Labute approximate surface area is 98.3 Å². The van der Waals surface area contributed by atoms with Gasteiger partial charge in [-0.1, -0.05) is 30.3 Å². The Morgan fingerprint density at radius 2 is 2.12 bits per heavy atom. The summed E-state index contributed by atoms with van der Waals surface area (Å²) in [5, 5.41) is 13.2. The van der Waals surface area contributed by atoms with Crippen molar-refractivity contribution in [2.24, 2.45) is 0 Å². The molecule has 5 nitrogen and oxygen atoms in total. The van der Waals surface area contributed by atoms with Crippen LogP contribution in [0.15, 0.2) is 36.5 Å². The second-order valence-electron chi connectivity index (χ2n) is 3.48. The highest BCUT2D eigenvalue weighted by atomic mass is 16.2. The van der Waals surface area contributed by atoms with Crippen LogP contribution in [0.5, 0.6) is 0 Å². The van der Waals surface area contributed by atoms with Crippen molar-refractivity contribution in [3.05, 3.63) is 42.1 Å². The van der Waals surface area contributed by atoms with Crippen molar-refractivity contribution >= 4 is 5.91 Å². The number of aromatic nitrogens is 2. The van der Waals surface area contributed by atoms with Crippen LogP contribution in [0.2, 0.25) is 0 Å². The number of nitriles is 1. The molecule has 0 aliphatic carbocycles. The number of rotatable bonds is 2. The largest absolute Gasteiger partial charge is 0.274 e. The lowest BCUT2D eigenvalue weighted by Gasteiger charge is -1.99. The second kappa shape index (κ2) is 4.49. The van der Waals surface area contributed by atoms with Crippen molar-refractivity contribution in [2.75, 3.05) is 5.43 Å². The maximum Gasteiger partial charge on any atom is 0.236 e. The molecule has 0 fully saturated rings. The molecule has 0 atom stereocenters. The normalized spacial score (nSPS) is 9.65. The van der Waals surface area contributed by atoms with Gasteiger partial charge in [0.15, 0.2) is 0 Å². The highest BCUT2D eigenvalue weighted by Crippen LogP contribution is 2.20. The van der Waals surface area contributed by atoms with Crippen LogP contribution < -0.4 is 5.43 Å². The van der Waals surface area contributed by atoms with E-state index in [4.69, 9.17) is 5.26 Å². The summed E-state index contributed by atoms with van der Waals surface area (Å²) in [6.45, 7) is 1.38. The molecule has 17 heavy (non-hydrogen) atoms. The van der Waals surface area contributed by atoms with Gasteiger partial charge in [0.25, 0.3) is 0 Å². The van der Waals surface area contributed by atoms with Gasteiger partial charge in [-0.05, 0) is 0 Å². The lowest BCUT2D eigenvalue weighted by molar-refractivity contribution is -0.115. The van der Waals surface area contributed by atoms with Gasteiger partial charge >= 0.3 is 0 Å². The van der Waals surface area contributed by atoms with E-state index in [9.17, 15) is 4.79 Å². The molecule has 0 bridgehead atoms. The fourth-order valence-electron chi connectivity index (χ4n) is 1.48. The molecule has 0 saturated carbocycles. The summed E-state index contributed by atoms with van der Waals surface area (Å²) in [4.78, 5) is 12.2. The Morgan fingerprint density at radius 1 is 1.41 bits per heavy atom. The molecule has 1 N–H and O–H groups in total. The van der Waals surface area contributed by atoms with Crippen LogP contribution in [0.25, 0.3) is 11.3 Å². The number of carbonyl (C=O) groups is 1.